The Morgan fingerprint density at radius 2 is 1.76 bits per heavy atom. The molecule has 1 heterocycles. The van der Waals surface area contributed by atoms with E-state index in [0.29, 0.717) is 4.88 Å². The number of amides is 1. The van der Waals surface area contributed by atoms with Crippen LogP contribution in [-0.2, 0) is 4.79 Å². The summed E-state index contributed by atoms with van der Waals surface area (Å²) in [4.78, 5) is 26.1. The molecule has 1 amide bonds. The Morgan fingerprint density at radius 1 is 1.16 bits per heavy atom. The molecule has 134 valence electrons. The normalized spacial score (nSPS) is 11.4. The second kappa shape index (κ2) is 7.18. The van der Waals surface area contributed by atoms with Crippen LogP contribution in [0.3, 0.4) is 0 Å². The summed E-state index contributed by atoms with van der Waals surface area (Å²) in [5.74, 6) is -1.45. The molecular weight excluding hydrogens is 352 g/mol. The van der Waals surface area contributed by atoms with Crippen LogP contribution in [0.5, 0.6) is 5.75 Å². The molecule has 8 heteroatoms. The number of nitrogens with zero attached hydrogens (tertiary/aromatic N) is 1. The Balaban J connectivity index is 2.19. The van der Waals surface area contributed by atoms with Crippen LogP contribution in [0.4, 0.5) is 8.78 Å². The average molecular weight is 369 g/mol. The summed E-state index contributed by atoms with van der Waals surface area (Å²) >= 11 is 1.20. The van der Waals surface area contributed by atoms with Gasteiger partial charge in [0.15, 0.2) is 0 Å². The molecule has 2 rings (SSSR count). The van der Waals surface area contributed by atoms with Crippen molar-refractivity contribution in [1.29, 1.82) is 0 Å². The minimum Gasteiger partial charge on any atom is -0.480 e. The molecule has 0 fully saturated rings. The molecule has 1 aromatic carbocycles. The quantitative estimate of drug-likeness (QED) is 0.837. The minimum absolute atomic E-state index is 0.0505. The van der Waals surface area contributed by atoms with E-state index < -0.39 is 24.0 Å². The molecule has 0 saturated carbocycles. The van der Waals surface area contributed by atoms with E-state index >= 15 is 0 Å². The van der Waals surface area contributed by atoms with E-state index in [1.54, 1.807) is 24.3 Å². The fourth-order valence-electron chi connectivity index (χ4n) is 1.97. The van der Waals surface area contributed by atoms with Gasteiger partial charge in [-0.25, -0.2) is 4.79 Å². The number of carbonyl (C=O) groups is 2. The van der Waals surface area contributed by atoms with Crippen LogP contribution < -0.4 is 4.74 Å². The lowest BCUT2D eigenvalue weighted by Gasteiger charge is -2.31. The van der Waals surface area contributed by atoms with Crippen molar-refractivity contribution in [2.75, 3.05) is 7.05 Å². The fraction of sp³-hybridized carbons (Fsp3) is 0.294. The third kappa shape index (κ3) is 4.14. The number of likely N-dealkylation sites (N-methyl/N-ethyl adjacent to an activating group) is 1. The third-order valence-corrected chi connectivity index (χ3v) is 4.97. The number of halogens is 2. The van der Waals surface area contributed by atoms with Gasteiger partial charge in [0, 0.05) is 11.9 Å². The second-order valence-electron chi connectivity index (χ2n) is 5.80. The highest BCUT2D eigenvalue weighted by molar-refractivity contribution is 7.17. The molecule has 1 aromatic heterocycles. The Morgan fingerprint density at radius 3 is 2.28 bits per heavy atom. The van der Waals surface area contributed by atoms with Crippen LogP contribution in [0.25, 0.3) is 10.4 Å². The lowest BCUT2D eigenvalue weighted by atomic mass is 10.0. The van der Waals surface area contributed by atoms with Gasteiger partial charge in [-0.3, -0.25) is 4.79 Å². The van der Waals surface area contributed by atoms with E-state index in [9.17, 15) is 23.5 Å². The van der Waals surface area contributed by atoms with Gasteiger partial charge >= 0.3 is 12.6 Å². The smallest absolute Gasteiger partial charge is 0.387 e. The number of benzene rings is 1. The Kier molecular flexibility index (Phi) is 5.42. The molecule has 0 atom stereocenters. The van der Waals surface area contributed by atoms with Crippen molar-refractivity contribution in [2.24, 2.45) is 0 Å². The van der Waals surface area contributed by atoms with Gasteiger partial charge in [0.2, 0.25) is 0 Å². The molecule has 0 saturated heterocycles. The van der Waals surface area contributed by atoms with Gasteiger partial charge in [-0.15, -0.1) is 11.3 Å². The zero-order valence-corrected chi connectivity index (χ0v) is 14.6. The van der Waals surface area contributed by atoms with Crippen molar-refractivity contribution in [2.45, 2.75) is 26.0 Å². The first-order valence-corrected chi connectivity index (χ1v) is 8.11. The first-order chi connectivity index (χ1) is 11.6. The largest absolute Gasteiger partial charge is 0.480 e. The highest BCUT2D eigenvalue weighted by Crippen LogP contribution is 2.31. The van der Waals surface area contributed by atoms with E-state index in [4.69, 9.17) is 0 Å². The van der Waals surface area contributed by atoms with E-state index in [1.165, 1.54) is 49.3 Å². The van der Waals surface area contributed by atoms with E-state index in [2.05, 4.69) is 4.74 Å². The number of hydrogen-bond acceptors (Lipinski definition) is 4. The summed E-state index contributed by atoms with van der Waals surface area (Å²) in [5.41, 5.74) is -0.596. The molecule has 0 aliphatic rings. The molecule has 5 nitrogen and oxygen atoms in total. The first kappa shape index (κ1) is 18.9. The van der Waals surface area contributed by atoms with Crippen molar-refractivity contribution in [3.05, 3.63) is 41.3 Å². The standard InChI is InChI=1S/C17H17F2NO4S/c1-17(2,15(22)23)20(3)14(21)13-9-8-12(25-13)10-4-6-11(7-5-10)24-16(18)19/h4-9,16H,1-3H3,(H,22,23). The lowest BCUT2D eigenvalue weighted by molar-refractivity contribution is -0.147. The summed E-state index contributed by atoms with van der Waals surface area (Å²) in [6, 6.07) is 9.40. The Bertz CT molecular complexity index is 771. The van der Waals surface area contributed by atoms with Crippen molar-refractivity contribution in [3.63, 3.8) is 0 Å². The average Bonchev–Trinajstić information content (AvgIpc) is 3.03. The highest BCUT2D eigenvalue weighted by atomic mass is 32.1. The predicted molar refractivity (Wildman–Crippen MR) is 90.2 cm³/mol. The fourth-order valence-corrected chi connectivity index (χ4v) is 2.96. The van der Waals surface area contributed by atoms with Crippen LogP contribution in [0, 0.1) is 0 Å². The molecular formula is C17H17F2NO4S. The first-order valence-electron chi connectivity index (χ1n) is 7.29. The van der Waals surface area contributed by atoms with Gasteiger partial charge in [-0.2, -0.15) is 8.78 Å². The topological polar surface area (TPSA) is 66.8 Å². The summed E-state index contributed by atoms with van der Waals surface area (Å²) in [5, 5.41) is 9.22. The summed E-state index contributed by atoms with van der Waals surface area (Å²) in [6.07, 6.45) is 0. The highest BCUT2D eigenvalue weighted by Gasteiger charge is 2.36. The number of carboxylic acid groups (broad SMARTS) is 1. The van der Waals surface area contributed by atoms with Crippen LogP contribution in [0.15, 0.2) is 36.4 Å². The minimum atomic E-state index is -2.88. The Hall–Kier alpha value is -2.48. The van der Waals surface area contributed by atoms with Gasteiger partial charge in [-0.05, 0) is 55.8 Å². The number of carbonyl (C=O) groups excluding carboxylic acids is 1. The van der Waals surface area contributed by atoms with Crippen molar-refractivity contribution < 1.29 is 28.2 Å². The molecule has 0 spiro atoms. The van der Waals surface area contributed by atoms with Gasteiger partial charge < -0.3 is 14.7 Å². The second-order valence-corrected chi connectivity index (χ2v) is 6.88. The van der Waals surface area contributed by atoms with Crippen molar-refractivity contribution in [1.82, 2.24) is 4.90 Å². The molecule has 0 unspecified atom stereocenters. The molecule has 0 aliphatic heterocycles. The summed E-state index contributed by atoms with van der Waals surface area (Å²) < 4.78 is 28.6. The lowest BCUT2D eigenvalue weighted by Crippen LogP contribution is -2.50. The maximum Gasteiger partial charge on any atom is 0.387 e. The molecule has 0 radical (unpaired) electrons. The summed E-state index contributed by atoms with van der Waals surface area (Å²) in [7, 11) is 1.44. The van der Waals surface area contributed by atoms with E-state index in [0.717, 1.165) is 10.4 Å². The van der Waals surface area contributed by atoms with Crippen LogP contribution >= 0.6 is 11.3 Å². The number of hydrogen-bond donors (Lipinski definition) is 1. The number of aliphatic carboxylic acids is 1. The predicted octanol–water partition coefficient (Wildman–Crippen LogP) is 3.95. The molecule has 25 heavy (non-hydrogen) atoms. The van der Waals surface area contributed by atoms with Gasteiger partial charge in [0.25, 0.3) is 5.91 Å². The number of thiophene rings is 1. The molecule has 0 aliphatic carbocycles. The van der Waals surface area contributed by atoms with Gasteiger partial charge in [0.05, 0.1) is 4.88 Å². The van der Waals surface area contributed by atoms with E-state index in [-0.39, 0.29) is 5.75 Å². The van der Waals surface area contributed by atoms with Gasteiger partial charge in [0.1, 0.15) is 11.3 Å². The van der Waals surface area contributed by atoms with Crippen LogP contribution in [0.1, 0.15) is 23.5 Å². The number of alkyl halides is 2. The van der Waals surface area contributed by atoms with Crippen LogP contribution in [-0.4, -0.2) is 41.1 Å². The van der Waals surface area contributed by atoms with Crippen molar-refractivity contribution in [3.8, 4) is 16.2 Å². The third-order valence-electron chi connectivity index (χ3n) is 3.85. The SMILES string of the molecule is CN(C(=O)c1ccc(-c2ccc(OC(F)F)cc2)s1)C(C)(C)C(=O)O. The van der Waals surface area contributed by atoms with Gasteiger partial charge in [-0.1, -0.05) is 0 Å². The molecule has 2 aromatic rings. The zero-order valence-electron chi connectivity index (χ0n) is 13.8. The number of carboxylic acids is 1. The zero-order chi connectivity index (χ0) is 18.8. The monoisotopic (exact) mass is 369 g/mol. The number of ether oxygens (including phenoxy) is 1. The number of rotatable bonds is 6. The summed E-state index contributed by atoms with van der Waals surface area (Å²) in [6.45, 7) is 0.0115. The van der Waals surface area contributed by atoms with Crippen molar-refractivity contribution >= 4 is 23.2 Å². The maximum absolute atomic E-state index is 12.5. The van der Waals surface area contributed by atoms with E-state index in [1.807, 2.05) is 0 Å². The Labute approximate surface area is 147 Å². The van der Waals surface area contributed by atoms with Crippen LogP contribution in [0.2, 0.25) is 0 Å². The molecule has 1 N–H and O–H groups in total. The molecule has 0 bridgehead atoms. The maximum atomic E-state index is 12.5.